The Labute approximate surface area is 124 Å². The second kappa shape index (κ2) is 11.1. The lowest BCUT2D eigenvalue weighted by atomic mass is 9.97. The molecule has 0 aliphatic carbocycles. The second-order valence-corrected chi connectivity index (χ2v) is 6.24. The molecule has 1 unspecified atom stereocenters. The SMILES string of the molecule is CCCCCCCCCN1CCCCC1CCC(=O)O. The van der Waals surface area contributed by atoms with E-state index in [4.69, 9.17) is 5.11 Å². The molecule has 0 spiro atoms. The highest BCUT2D eigenvalue weighted by Crippen LogP contribution is 2.21. The average Bonchev–Trinajstić information content (AvgIpc) is 2.45. The third kappa shape index (κ3) is 7.88. The molecule has 1 rings (SSSR count). The van der Waals surface area contributed by atoms with Gasteiger partial charge in [-0.3, -0.25) is 4.79 Å². The monoisotopic (exact) mass is 283 g/mol. The summed E-state index contributed by atoms with van der Waals surface area (Å²) in [7, 11) is 0. The molecule has 0 aromatic heterocycles. The summed E-state index contributed by atoms with van der Waals surface area (Å²) in [4.78, 5) is 13.3. The summed E-state index contributed by atoms with van der Waals surface area (Å²) >= 11 is 0. The fraction of sp³-hybridized carbons (Fsp3) is 0.941. The lowest BCUT2D eigenvalue weighted by Crippen LogP contribution is -2.40. The largest absolute Gasteiger partial charge is 0.481 e. The van der Waals surface area contributed by atoms with Crippen molar-refractivity contribution in [2.24, 2.45) is 0 Å². The average molecular weight is 283 g/mol. The smallest absolute Gasteiger partial charge is 0.303 e. The van der Waals surface area contributed by atoms with Crippen molar-refractivity contribution in [3.05, 3.63) is 0 Å². The van der Waals surface area contributed by atoms with Gasteiger partial charge in [-0.05, 0) is 38.8 Å². The van der Waals surface area contributed by atoms with Crippen LogP contribution in [-0.2, 0) is 4.79 Å². The summed E-state index contributed by atoms with van der Waals surface area (Å²) in [6.07, 6.45) is 14.4. The van der Waals surface area contributed by atoms with E-state index >= 15 is 0 Å². The van der Waals surface area contributed by atoms with Gasteiger partial charge in [0.05, 0.1) is 0 Å². The fourth-order valence-electron chi connectivity index (χ4n) is 3.24. The van der Waals surface area contributed by atoms with Gasteiger partial charge in [0.1, 0.15) is 0 Å². The second-order valence-electron chi connectivity index (χ2n) is 6.24. The van der Waals surface area contributed by atoms with Crippen molar-refractivity contribution in [2.75, 3.05) is 13.1 Å². The van der Waals surface area contributed by atoms with Crippen molar-refractivity contribution in [1.29, 1.82) is 0 Å². The van der Waals surface area contributed by atoms with Crippen LogP contribution in [-0.4, -0.2) is 35.1 Å². The van der Waals surface area contributed by atoms with E-state index in [1.54, 1.807) is 0 Å². The minimum atomic E-state index is -0.647. The summed E-state index contributed by atoms with van der Waals surface area (Å²) in [5.41, 5.74) is 0. The van der Waals surface area contributed by atoms with Crippen molar-refractivity contribution in [3.63, 3.8) is 0 Å². The van der Waals surface area contributed by atoms with Gasteiger partial charge in [-0.2, -0.15) is 0 Å². The predicted octanol–water partition coefficient (Wildman–Crippen LogP) is 4.46. The standard InChI is InChI=1S/C17H33NO2/c1-2-3-4-5-6-7-9-14-18-15-10-8-11-16(18)12-13-17(19)20/h16H,2-15H2,1H3,(H,19,20). The van der Waals surface area contributed by atoms with Crippen molar-refractivity contribution in [1.82, 2.24) is 4.90 Å². The zero-order valence-corrected chi connectivity index (χ0v) is 13.3. The molecule has 0 amide bonds. The third-order valence-electron chi connectivity index (χ3n) is 4.49. The molecule has 0 radical (unpaired) electrons. The minimum absolute atomic E-state index is 0.332. The summed E-state index contributed by atoms with van der Waals surface area (Å²) in [5.74, 6) is -0.647. The molecule has 3 heteroatoms. The molecule has 1 fully saturated rings. The first kappa shape index (κ1) is 17.5. The summed E-state index contributed by atoms with van der Waals surface area (Å²) in [6, 6.07) is 0.528. The van der Waals surface area contributed by atoms with Crippen molar-refractivity contribution < 1.29 is 9.90 Å². The van der Waals surface area contributed by atoms with E-state index in [-0.39, 0.29) is 0 Å². The summed E-state index contributed by atoms with van der Waals surface area (Å²) in [5, 5.41) is 8.83. The van der Waals surface area contributed by atoms with Crippen molar-refractivity contribution in [2.45, 2.75) is 90.0 Å². The zero-order chi connectivity index (χ0) is 14.6. The van der Waals surface area contributed by atoms with Gasteiger partial charge < -0.3 is 10.0 Å². The Bertz CT molecular complexity index is 255. The zero-order valence-electron chi connectivity index (χ0n) is 13.3. The Morgan fingerprint density at radius 1 is 1.10 bits per heavy atom. The number of rotatable bonds is 11. The van der Waals surface area contributed by atoms with Gasteiger partial charge in [-0.15, -0.1) is 0 Å². The summed E-state index contributed by atoms with van der Waals surface area (Å²) < 4.78 is 0. The number of carboxylic acids is 1. The fourth-order valence-corrected chi connectivity index (χ4v) is 3.24. The quantitative estimate of drug-likeness (QED) is 0.569. The Balaban J connectivity index is 2.10. The highest BCUT2D eigenvalue weighted by Gasteiger charge is 2.22. The molecular formula is C17H33NO2. The van der Waals surface area contributed by atoms with Crippen LogP contribution < -0.4 is 0 Å². The molecule has 0 aromatic rings. The molecule has 1 aliphatic heterocycles. The van der Waals surface area contributed by atoms with Crippen LogP contribution in [0.15, 0.2) is 0 Å². The summed E-state index contributed by atoms with van der Waals surface area (Å²) in [6.45, 7) is 4.62. The van der Waals surface area contributed by atoms with Gasteiger partial charge >= 0.3 is 5.97 Å². The lowest BCUT2D eigenvalue weighted by molar-refractivity contribution is -0.137. The van der Waals surface area contributed by atoms with Crippen molar-refractivity contribution in [3.8, 4) is 0 Å². The van der Waals surface area contributed by atoms with Gasteiger partial charge in [0.2, 0.25) is 0 Å². The van der Waals surface area contributed by atoms with E-state index in [0.717, 1.165) is 6.42 Å². The topological polar surface area (TPSA) is 40.5 Å². The van der Waals surface area contributed by atoms with E-state index in [2.05, 4.69) is 11.8 Å². The highest BCUT2D eigenvalue weighted by atomic mass is 16.4. The number of likely N-dealkylation sites (tertiary alicyclic amines) is 1. The van der Waals surface area contributed by atoms with Gasteiger partial charge in [0, 0.05) is 12.5 Å². The minimum Gasteiger partial charge on any atom is -0.481 e. The molecule has 1 atom stereocenters. The van der Waals surface area contributed by atoms with Crippen LogP contribution in [0.1, 0.15) is 84.0 Å². The Morgan fingerprint density at radius 3 is 2.50 bits per heavy atom. The number of unbranched alkanes of at least 4 members (excludes halogenated alkanes) is 6. The van der Waals surface area contributed by atoms with Crippen LogP contribution in [0, 0.1) is 0 Å². The van der Waals surface area contributed by atoms with E-state index in [0.29, 0.717) is 12.5 Å². The van der Waals surface area contributed by atoms with Gasteiger partial charge in [0.15, 0.2) is 0 Å². The maximum atomic E-state index is 10.7. The molecule has 0 saturated carbocycles. The maximum absolute atomic E-state index is 10.7. The van der Waals surface area contributed by atoms with Crippen LogP contribution in [0.25, 0.3) is 0 Å². The molecule has 1 heterocycles. The molecule has 20 heavy (non-hydrogen) atoms. The Kier molecular flexibility index (Phi) is 9.73. The molecular weight excluding hydrogens is 250 g/mol. The maximum Gasteiger partial charge on any atom is 0.303 e. The normalized spacial score (nSPS) is 20.1. The van der Waals surface area contributed by atoms with Gasteiger partial charge in [0.25, 0.3) is 0 Å². The molecule has 0 bridgehead atoms. The van der Waals surface area contributed by atoms with Gasteiger partial charge in [-0.1, -0.05) is 51.9 Å². The number of hydrogen-bond donors (Lipinski definition) is 1. The number of aliphatic carboxylic acids is 1. The van der Waals surface area contributed by atoms with Crippen LogP contribution in [0.4, 0.5) is 0 Å². The number of nitrogens with zero attached hydrogens (tertiary/aromatic N) is 1. The van der Waals surface area contributed by atoms with Crippen molar-refractivity contribution >= 4 is 5.97 Å². The third-order valence-corrected chi connectivity index (χ3v) is 4.49. The van der Waals surface area contributed by atoms with E-state index in [1.807, 2.05) is 0 Å². The van der Waals surface area contributed by atoms with E-state index in [9.17, 15) is 4.79 Å². The molecule has 0 aromatic carbocycles. The Morgan fingerprint density at radius 2 is 1.80 bits per heavy atom. The molecule has 118 valence electrons. The first-order valence-corrected chi connectivity index (χ1v) is 8.70. The van der Waals surface area contributed by atoms with Crippen LogP contribution >= 0.6 is 0 Å². The van der Waals surface area contributed by atoms with Crippen LogP contribution in [0.2, 0.25) is 0 Å². The molecule has 1 saturated heterocycles. The number of carbonyl (C=O) groups is 1. The number of piperidine rings is 1. The van der Waals surface area contributed by atoms with E-state index in [1.165, 1.54) is 77.3 Å². The Hall–Kier alpha value is -0.570. The van der Waals surface area contributed by atoms with Crippen LogP contribution in [0.3, 0.4) is 0 Å². The molecule has 1 aliphatic rings. The van der Waals surface area contributed by atoms with Crippen LogP contribution in [0.5, 0.6) is 0 Å². The number of hydrogen-bond acceptors (Lipinski definition) is 2. The molecule has 3 nitrogen and oxygen atoms in total. The first-order valence-electron chi connectivity index (χ1n) is 8.70. The predicted molar refractivity (Wildman–Crippen MR) is 84.1 cm³/mol. The first-order chi connectivity index (χ1) is 9.74. The van der Waals surface area contributed by atoms with E-state index < -0.39 is 5.97 Å². The number of carboxylic acid groups (broad SMARTS) is 1. The van der Waals surface area contributed by atoms with Gasteiger partial charge in [-0.25, -0.2) is 0 Å². The lowest BCUT2D eigenvalue weighted by Gasteiger charge is -2.35. The molecule has 1 N–H and O–H groups in total. The highest BCUT2D eigenvalue weighted by molar-refractivity contribution is 5.66.